The van der Waals surface area contributed by atoms with Gasteiger partial charge < -0.3 is 10.2 Å². The Hall–Kier alpha value is -3.41. The van der Waals surface area contributed by atoms with Crippen molar-refractivity contribution >= 4 is 17.5 Å². The standard InChI is InChI=1S/C22H22N4O2/c27-20-13-7-8-14-25(20)21(17-9-3-1-4-10-17)22(28)24-18-15-23-26(16-18)19-11-5-2-6-12-19/h1-6,9-12,15-16,21H,7-8,13-14H2,(H,24,28). The van der Waals surface area contributed by atoms with Gasteiger partial charge in [-0.3, -0.25) is 9.59 Å². The number of carbonyl (C=O) groups is 2. The molecule has 1 fully saturated rings. The Labute approximate surface area is 163 Å². The molecule has 1 saturated heterocycles. The van der Waals surface area contributed by atoms with E-state index in [1.807, 2.05) is 60.7 Å². The first kappa shape index (κ1) is 18.0. The van der Waals surface area contributed by atoms with Crippen LogP contribution in [0.5, 0.6) is 0 Å². The third-order valence-corrected chi connectivity index (χ3v) is 4.91. The summed E-state index contributed by atoms with van der Waals surface area (Å²) in [4.78, 5) is 27.3. The summed E-state index contributed by atoms with van der Waals surface area (Å²) in [6.45, 7) is 0.592. The lowest BCUT2D eigenvalue weighted by Crippen LogP contribution is -2.43. The highest BCUT2D eigenvalue weighted by molar-refractivity contribution is 5.97. The van der Waals surface area contributed by atoms with Gasteiger partial charge in [-0.15, -0.1) is 0 Å². The maximum absolute atomic E-state index is 13.2. The van der Waals surface area contributed by atoms with Gasteiger partial charge in [0, 0.05) is 13.0 Å². The maximum Gasteiger partial charge on any atom is 0.251 e. The van der Waals surface area contributed by atoms with Gasteiger partial charge in [-0.25, -0.2) is 4.68 Å². The number of hydrogen-bond donors (Lipinski definition) is 1. The Balaban J connectivity index is 1.58. The van der Waals surface area contributed by atoms with Crippen molar-refractivity contribution in [2.75, 3.05) is 11.9 Å². The monoisotopic (exact) mass is 374 g/mol. The Morgan fingerprint density at radius 2 is 1.71 bits per heavy atom. The highest BCUT2D eigenvalue weighted by Crippen LogP contribution is 2.27. The Morgan fingerprint density at radius 3 is 2.43 bits per heavy atom. The number of likely N-dealkylation sites (tertiary alicyclic amines) is 1. The molecule has 1 atom stereocenters. The van der Waals surface area contributed by atoms with Crippen molar-refractivity contribution in [3.05, 3.63) is 78.6 Å². The van der Waals surface area contributed by atoms with Gasteiger partial charge in [0.25, 0.3) is 5.91 Å². The minimum atomic E-state index is -0.644. The topological polar surface area (TPSA) is 67.2 Å². The summed E-state index contributed by atoms with van der Waals surface area (Å²) >= 11 is 0. The Morgan fingerprint density at radius 1 is 1.00 bits per heavy atom. The van der Waals surface area contributed by atoms with E-state index in [1.165, 1.54) is 0 Å². The number of piperidine rings is 1. The molecule has 0 spiro atoms. The zero-order valence-corrected chi connectivity index (χ0v) is 15.5. The number of hydrogen-bond acceptors (Lipinski definition) is 3. The Bertz CT molecular complexity index is 953. The quantitative estimate of drug-likeness (QED) is 0.742. The molecule has 2 heterocycles. The number of nitrogens with zero attached hydrogens (tertiary/aromatic N) is 3. The van der Waals surface area contributed by atoms with E-state index in [4.69, 9.17) is 0 Å². The van der Waals surface area contributed by atoms with E-state index in [1.54, 1.807) is 22.0 Å². The third-order valence-electron chi connectivity index (χ3n) is 4.91. The highest BCUT2D eigenvalue weighted by atomic mass is 16.2. The van der Waals surface area contributed by atoms with Crippen LogP contribution in [-0.2, 0) is 9.59 Å². The molecule has 1 unspecified atom stereocenters. The van der Waals surface area contributed by atoms with E-state index in [-0.39, 0.29) is 11.8 Å². The van der Waals surface area contributed by atoms with Crippen LogP contribution >= 0.6 is 0 Å². The van der Waals surface area contributed by atoms with Crippen LogP contribution < -0.4 is 5.32 Å². The second-order valence-electron chi connectivity index (χ2n) is 6.86. The number of anilines is 1. The molecule has 142 valence electrons. The number of para-hydroxylation sites is 1. The van der Waals surface area contributed by atoms with E-state index in [9.17, 15) is 9.59 Å². The van der Waals surface area contributed by atoms with Gasteiger partial charge in [0.05, 0.1) is 23.8 Å². The SMILES string of the molecule is O=C(Nc1cnn(-c2ccccc2)c1)C(c1ccccc1)N1CCCCC1=O. The van der Waals surface area contributed by atoms with Crippen molar-refractivity contribution in [2.24, 2.45) is 0 Å². The minimum absolute atomic E-state index is 0.0234. The molecule has 0 bridgehead atoms. The van der Waals surface area contributed by atoms with E-state index < -0.39 is 6.04 Å². The number of benzene rings is 2. The van der Waals surface area contributed by atoms with Crippen molar-refractivity contribution in [1.82, 2.24) is 14.7 Å². The molecule has 28 heavy (non-hydrogen) atoms. The van der Waals surface area contributed by atoms with Gasteiger partial charge in [-0.2, -0.15) is 5.10 Å². The largest absolute Gasteiger partial charge is 0.327 e. The first-order chi connectivity index (χ1) is 13.7. The second-order valence-corrected chi connectivity index (χ2v) is 6.86. The first-order valence-electron chi connectivity index (χ1n) is 9.48. The summed E-state index contributed by atoms with van der Waals surface area (Å²) in [5.41, 5.74) is 2.32. The predicted molar refractivity (Wildman–Crippen MR) is 107 cm³/mol. The molecule has 0 saturated carbocycles. The van der Waals surface area contributed by atoms with Crippen molar-refractivity contribution in [1.29, 1.82) is 0 Å². The fraction of sp³-hybridized carbons (Fsp3) is 0.227. The van der Waals surface area contributed by atoms with Crippen LogP contribution in [0, 0.1) is 0 Å². The van der Waals surface area contributed by atoms with Crippen LogP contribution in [0.1, 0.15) is 30.9 Å². The molecular weight excluding hydrogens is 352 g/mol. The zero-order chi connectivity index (χ0) is 19.3. The normalized spacial score (nSPS) is 15.3. The van der Waals surface area contributed by atoms with Crippen molar-refractivity contribution in [2.45, 2.75) is 25.3 Å². The number of carbonyl (C=O) groups excluding carboxylic acids is 2. The van der Waals surface area contributed by atoms with Gasteiger partial charge >= 0.3 is 0 Å². The predicted octanol–water partition coefficient (Wildman–Crippen LogP) is 3.56. The number of amides is 2. The lowest BCUT2D eigenvalue weighted by atomic mass is 10.0. The van der Waals surface area contributed by atoms with E-state index in [2.05, 4.69) is 10.4 Å². The van der Waals surface area contributed by atoms with Crippen molar-refractivity contribution < 1.29 is 9.59 Å². The van der Waals surface area contributed by atoms with Crippen LogP contribution in [0.15, 0.2) is 73.1 Å². The molecule has 1 aliphatic heterocycles. The van der Waals surface area contributed by atoms with Crippen LogP contribution in [0.2, 0.25) is 0 Å². The van der Waals surface area contributed by atoms with Crippen molar-refractivity contribution in [3.8, 4) is 5.69 Å². The molecule has 3 aromatic rings. The summed E-state index contributed by atoms with van der Waals surface area (Å²) in [5.74, 6) is -0.204. The van der Waals surface area contributed by atoms with E-state index in [0.29, 0.717) is 18.7 Å². The molecule has 6 heteroatoms. The summed E-state index contributed by atoms with van der Waals surface area (Å²) in [6.07, 6.45) is 5.66. The number of aromatic nitrogens is 2. The number of nitrogens with one attached hydrogen (secondary N) is 1. The molecule has 2 amide bonds. The highest BCUT2D eigenvalue weighted by Gasteiger charge is 2.32. The minimum Gasteiger partial charge on any atom is -0.327 e. The summed E-state index contributed by atoms with van der Waals surface area (Å²) in [6, 6.07) is 18.5. The molecule has 2 aromatic carbocycles. The van der Waals surface area contributed by atoms with E-state index >= 15 is 0 Å². The van der Waals surface area contributed by atoms with Gasteiger partial charge in [0.2, 0.25) is 5.91 Å². The molecule has 1 aromatic heterocycles. The molecule has 1 aliphatic rings. The number of rotatable bonds is 5. The summed E-state index contributed by atoms with van der Waals surface area (Å²) < 4.78 is 1.71. The fourth-order valence-electron chi connectivity index (χ4n) is 3.53. The third kappa shape index (κ3) is 3.81. The van der Waals surface area contributed by atoms with Gasteiger partial charge in [0.15, 0.2) is 0 Å². The average Bonchev–Trinajstić information content (AvgIpc) is 3.20. The van der Waals surface area contributed by atoms with Crippen LogP contribution in [0.4, 0.5) is 5.69 Å². The Kier molecular flexibility index (Phi) is 5.19. The van der Waals surface area contributed by atoms with Gasteiger partial charge in [-0.05, 0) is 30.5 Å². The van der Waals surface area contributed by atoms with Crippen LogP contribution in [0.3, 0.4) is 0 Å². The first-order valence-corrected chi connectivity index (χ1v) is 9.48. The summed E-state index contributed by atoms with van der Waals surface area (Å²) in [5, 5.41) is 7.25. The van der Waals surface area contributed by atoms with Gasteiger partial charge in [0.1, 0.15) is 6.04 Å². The molecule has 1 N–H and O–H groups in total. The van der Waals surface area contributed by atoms with Crippen molar-refractivity contribution in [3.63, 3.8) is 0 Å². The van der Waals surface area contributed by atoms with E-state index in [0.717, 1.165) is 24.1 Å². The molecular formula is C22H22N4O2. The van der Waals surface area contributed by atoms with Gasteiger partial charge in [-0.1, -0.05) is 48.5 Å². The molecule has 0 aliphatic carbocycles. The lowest BCUT2D eigenvalue weighted by Gasteiger charge is -2.34. The average molecular weight is 374 g/mol. The zero-order valence-electron chi connectivity index (χ0n) is 15.5. The van der Waals surface area contributed by atoms with Crippen LogP contribution in [0.25, 0.3) is 5.69 Å². The molecule has 4 rings (SSSR count). The maximum atomic E-state index is 13.2. The second kappa shape index (κ2) is 8.08. The molecule has 0 radical (unpaired) electrons. The summed E-state index contributed by atoms with van der Waals surface area (Å²) in [7, 11) is 0. The smallest absolute Gasteiger partial charge is 0.251 e. The van der Waals surface area contributed by atoms with Crippen LogP contribution in [-0.4, -0.2) is 33.0 Å². The molecule has 6 nitrogen and oxygen atoms in total. The lowest BCUT2D eigenvalue weighted by molar-refractivity contribution is -0.141. The fourth-order valence-corrected chi connectivity index (χ4v) is 3.53.